The molecule has 6 aromatic carbocycles. The first-order valence-corrected chi connectivity index (χ1v) is 24.3. The molecule has 7 aromatic rings. The summed E-state index contributed by atoms with van der Waals surface area (Å²) in [7, 11) is 1.32. The number of nitrogens with one attached hydrogen (secondary N) is 1. The molecule has 0 radical (unpaired) electrons. The SMILES string of the molecule is COc1ccc(C(c2ccccc2)(c2ccc(OC)cc2)C(O)[C@H]2O[C@@H](n3cc(C#CC#Cc4c5ccccc5cc5ccccc45)c(=O)[nH]c3=O)C[C@@H]2OP(OCCC#N)N(C(C)C)C(C)C)cc1. The minimum absolute atomic E-state index is 0.00952. The topological polar surface area (TPSA) is 148 Å². The van der Waals surface area contributed by atoms with Crippen molar-refractivity contribution in [2.24, 2.45) is 0 Å². The van der Waals surface area contributed by atoms with Gasteiger partial charge in [-0.2, -0.15) is 5.26 Å². The molecule has 2 unspecified atom stereocenters. The number of fused-ring (bicyclic) bond motifs is 2. The zero-order chi connectivity index (χ0) is 49.4. The molecule has 1 aliphatic rings. The Morgan fingerprint density at radius 3 is 1.89 bits per heavy atom. The lowest BCUT2D eigenvalue weighted by molar-refractivity contribution is -0.0953. The summed E-state index contributed by atoms with van der Waals surface area (Å²) >= 11 is 0. The molecule has 2 N–H and O–H groups in total. The monoisotopic (exact) mass is 954 g/mol. The molecule has 1 aromatic heterocycles. The van der Waals surface area contributed by atoms with Gasteiger partial charge < -0.3 is 28.4 Å². The Kier molecular flexibility index (Phi) is 15.6. The maximum absolute atomic E-state index is 14.0. The average Bonchev–Trinajstić information content (AvgIpc) is 3.79. The minimum atomic E-state index is -1.87. The number of hydrogen-bond acceptors (Lipinski definition) is 10. The van der Waals surface area contributed by atoms with Gasteiger partial charge in [0, 0.05) is 30.3 Å². The van der Waals surface area contributed by atoms with E-state index in [0.717, 1.165) is 43.8 Å². The summed E-state index contributed by atoms with van der Waals surface area (Å²) in [5.74, 6) is 13.2. The van der Waals surface area contributed by atoms with E-state index in [-0.39, 0.29) is 37.1 Å². The van der Waals surface area contributed by atoms with Crippen LogP contribution in [0.1, 0.15) is 74.6 Å². The molecule has 70 heavy (non-hydrogen) atoms. The molecule has 0 bridgehead atoms. The van der Waals surface area contributed by atoms with E-state index >= 15 is 0 Å². The van der Waals surface area contributed by atoms with Crippen molar-refractivity contribution in [3.63, 3.8) is 0 Å². The molecule has 12 nitrogen and oxygen atoms in total. The fourth-order valence-electron chi connectivity index (χ4n) is 9.42. The van der Waals surface area contributed by atoms with Gasteiger partial charge in [-0.15, -0.1) is 0 Å². The fourth-order valence-corrected chi connectivity index (χ4v) is 11.2. The van der Waals surface area contributed by atoms with E-state index in [1.807, 2.05) is 155 Å². The Morgan fingerprint density at radius 1 is 0.786 bits per heavy atom. The maximum Gasteiger partial charge on any atom is 0.330 e. The summed E-state index contributed by atoms with van der Waals surface area (Å²) in [4.78, 5) is 29.8. The Morgan fingerprint density at radius 2 is 1.33 bits per heavy atom. The van der Waals surface area contributed by atoms with Gasteiger partial charge in [0.05, 0.1) is 44.8 Å². The number of nitriles is 1. The second-order valence-electron chi connectivity index (χ2n) is 17.5. The second kappa shape index (κ2) is 22.1. The zero-order valence-electron chi connectivity index (χ0n) is 40.0. The lowest BCUT2D eigenvalue weighted by Gasteiger charge is -2.44. The highest BCUT2D eigenvalue weighted by Gasteiger charge is 2.54. The number of aromatic nitrogens is 2. The van der Waals surface area contributed by atoms with Gasteiger partial charge in [-0.1, -0.05) is 109 Å². The van der Waals surface area contributed by atoms with Crippen LogP contribution in [0.3, 0.4) is 0 Å². The minimum Gasteiger partial charge on any atom is -0.497 e. The Bertz CT molecular complexity index is 3130. The molecule has 0 spiro atoms. The van der Waals surface area contributed by atoms with Crippen LogP contribution in [0.25, 0.3) is 21.5 Å². The van der Waals surface area contributed by atoms with Gasteiger partial charge in [0.25, 0.3) is 14.1 Å². The first-order chi connectivity index (χ1) is 34.0. The van der Waals surface area contributed by atoms with Gasteiger partial charge in [0.2, 0.25) is 0 Å². The first kappa shape index (κ1) is 49.4. The third kappa shape index (κ3) is 10.1. The van der Waals surface area contributed by atoms with Crippen LogP contribution in [-0.2, 0) is 19.2 Å². The molecule has 5 atom stereocenters. The van der Waals surface area contributed by atoms with Crippen molar-refractivity contribution in [2.45, 2.75) is 82.6 Å². The van der Waals surface area contributed by atoms with E-state index in [1.165, 1.54) is 10.8 Å². The zero-order valence-corrected chi connectivity index (χ0v) is 40.9. The summed E-state index contributed by atoms with van der Waals surface area (Å²) < 4.78 is 35.0. The van der Waals surface area contributed by atoms with Gasteiger partial charge >= 0.3 is 5.69 Å². The van der Waals surface area contributed by atoms with Gasteiger partial charge in [0.1, 0.15) is 35.5 Å². The number of aliphatic hydroxyl groups excluding tert-OH is 1. The second-order valence-corrected chi connectivity index (χ2v) is 18.9. The number of ether oxygens (including phenoxy) is 3. The van der Waals surface area contributed by atoms with Crippen molar-refractivity contribution in [1.29, 1.82) is 5.26 Å². The molecular formula is C57H55N4O8P. The number of hydrogen-bond donors (Lipinski definition) is 2. The number of benzene rings is 6. The Balaban J connectivity index is 1.25. The smallest absolute Gasteiger partial charge is 0.330 e. The molecule has 1 saturated heterocycles. The van der Waals surface area contributed by atoms with Gasteiger partial charge in [-0.3, -0.25) is 14.3 Å². The van der Waals surface area contributed by atoms with Gasteiger partial charge in [0.15, 0.2) is 0 Å². The lowest BCUT2D eigenvalue weighted by Crippen LogP contribution is -2.52. The third-order valence-electron chi connectivity index (χ3n) is 12.6. The predicted molar refractivity (Wildman–Crippen MR) is 273 cm³/mol. The summed E-state index contributed by atoms with van der Waals surface area (Å²) in [6, 6.07) is 44.9. The third-order valence-corrected chi connectivity index (χ3v) is 14.7. The fraction of sp³-hybridized carbons (Fsp3) is 0.281. The normalized spacial score (nSPS) is 16.6. The summed E-state index contributed by atoms with van der Waals surface area (Å²) in [6.45, 7) is 8.26. The van der Waals surface area contributed by atoms with Crippen LogP contribution in [-0.4, -0.2) is 70.6 Å². The van der Waals surface area contributed by atoms with E-state index in [4.69, 9.17) is 23.3 Å². The van der Waals surface area contributed by atoms with Gasteiger partial charge in [-0.25, -0.2) is 9.46 Å². The number of aliphatic hydroxyl groups is 1. The van der Waals surface area contributed by atoms with E-state index in [2.05, 4.69) is 45.5 Å². The highest BCUT2D eigenvalue weighted by molar-refractivity contribution is 7.44. The quantitative estimate of drug-likeness (QED) is 0.0316. The summed E-state index contributed by atoms with van der Waals surface area (Å²) in [5, 5.41) is 27.2. The number of methoxy groups -OCH3 is 2. The van der Waals surface area contributed by atoms with Crippen LogP contribution in [0, 0.1) is 35.0 Å². The van der Waals surface area contributed by atoms with E-state index in [1.54, 1.807) is 14.2 Å². The van der Waals surface area contributed by atoms with Crippen molar-refractivity contribution in [3.05, 3.63) is 188 Å². The number of nitrogens with zero attached hydrogens (tertiary/aromatic N) is 3. The van der Waals surface area contributed by atoms with Crippen molar-refractivity contribution >= 4 is 30.1 Å². The van der Waals surface area contributed by atoms with Crippen LogP contribution < -0.4 is 20.7 Å². The largest absolute Gasteiger partial charge is 0.497 e. The number of rotatable bonds is 16. The summed E-state index contributed by atoms with van der Waals surface area (Å²) in [6.07, 6.45) is -2.98. The Labute approximate surface area is 409 Å². The molecule has 1 aliphatic heterocycles. The molecule has 2 heterocycles. The van der Waals surface area contributed by atoms with Gasteiger partial charge in [-0.05, 0) is 114 Å². The van der Waals surface area contributed by atoms with Crippen molar-refractivity contribution < 1.29 is 28.4 Å². The molecule has 8 rings (SSSR count). The standard InChI is InChI=1S/C57H55N4O8P/c1-38(2)61(39(3)4)70(67-34-16-33-58)69-51-36-52(60-37-42(55(63)59-56(60)64)19-12-15-24-50-48-22-13-10-17-40(48)35-41-18-11-14-23-49(41)50)68-53(51)54(62)57(43-20-8-7-9-21-43,44-25-29-46(65-5)30-26-44)45-27-31-47(66-6)32-28-45/h7-11,13-14,17-18,20-23,25-32,35,37-39,51-54,62H,16,34,36H2,1-6H3,(H,59,63,64)/t51-,52+,53-,54?,70?/m0/s1. The highest BCUT2D eigenvalue weighted by Crippen LogP contribution is 2.53. The maximum atomic E-state index is 14.0. The van der Waals surface area contributed by atoms with E-state index in [9.17, 15) is 20.0 Å². The van der Waals surface area contributed by atoms with Crippen LogP contribution in [0.2, 0.25) is 0 Å². The lowest BCUT2D eigenvalue weighted by atomic mass is 9.64. The molecule has 13 heteroatoms. The van der Waals surface area contributed by atoms with Crippen LogP contribution >= 0.6 is 8.53 Å². The molecule has 0 aliphatic carbocycles. The van der Waals surface area contributed by atoms with Crippen molar-refractivity contribution in [3.8, 4) is 41.2 Å². The van der Waals surface area contributed by atoms with Crippen LogP contribution in [0.4, 0.5) is 0 Å². The predicted octanol–water partition coefficient (Wildman–Crippen LogP) is 9.61. The highest BCUT2D eigenvalue weighted by atomic mass is 31.2. The van der Waals surface area contributed by atoms with Crippen molar-refractivity contribution in [2.75, 3.05) is 20.8 Å². The number of H-pyrrole nitrogens is 1. The average molecular weight is 955 g/mol. The van der Waals surface area contributed by atoms with E-state index < -0.39 is 49.7 Å². The summed E-state index contributed by atoms with van der Waals surface area (Å²) in [5.41, 5.74) is 0.245. The molecular weight excluding hydrogens is 900 g/mol. The van der Waals surface area contributed by atoms with E-state index in [0.29, 0.717) is 11.5 Å². The molecule has 0 amide bonds. The van der Waals surface area contributed by atoms with Crippen LogP contribution in [0.15, 0.2) is 149 Å². The Hall–Kier alpha value is -7.04. The molecule has 356 valence electrons. The number of aromatic amines is 1. The molecule has 1 fully saturated rings. The van der Waals surface area contributed by atoms with Crippen LogP contribution in [0.5, 0.6) is 11.5 Å². The molecule has 0 saturated carbocycles. The van der Waals surface area contributed by atoms with Crippen molar-refractivity contribution in [1.82, 2.24) is 14.2 Å². The first-order valence-electron chi connectivity index (χ1n) is 23.2.